The Morgan fingerprint density at radius 1 is 1.14 bits per heavy atom. The molecule has 1 N–H and O–H groups in total. The van der Waals surface area contributed by atoms with E-state index >= 15 is 0 Å². The summed E-state index contributed by atoms with van der Waals surface area (Å²) >= 11 is 0. The average molecular weight is 386 g/mol. The van der Waals surface area contributed by atoms with Crippen LogP contribution in [-0.4, -0.2) is 30.8 Å². The zero-order chi connectivity index (χ0) is 19.9. The van der Waals surface area contributed by atoms with Crippen LogP contribution in [0.2, 0.25) is 0 Å². The van der Waals surface area contributed by atoms with E-state index in [0.29, 0.717) is 17.2 Å². The number of carbonyl (C=O) groups excluding carboxylic acids is 1. The Bertz CT molecular complexity index is 1120. The fourth-order valence-electron chi connectivity index (χ4n) is 2.80. The molecule has 0 radical (unpaired) electrons. The number of pyridine rings is 1. The Morgan fingerprint density at radius 2 is 2.03 bits per heavy atom. The van der Waals surface area contributed by atoms with Crippen molar-refractivity contribution >= 4 is 22.9 Å². The molecule has 3 aromatic rings. The van der Waals surface area contributed by atoms with Crippen LogP contribution in [0.25, 0.3) is 17.0 Å². The molecule has 2 aromatic carbocycles. The molecular weight excluding hydrogens is 368 g/mol. The van der Waals surface area contributed by atoms with Gasteiger partial charge < -0.3 is 19.5 Å². The van der Waals surface area contributed by atoms with Gasteiger partial charge in [0.15, 0.2) is 11.5 Å². The van der Waals surface area contributed by atoms with Crippen LogP contribution in [0.1, 0.15) is 5.56 Å². The Kier molecular flexibility index (Phi) is 5.58. The lowest BCUT2D eigenvalue weighted by atomic mass is 10.2. The Labute approximate surface area is 168 Å². The number of ether oxygens (including phenoxy) is 3. The van der Waals surface area contributed by atoms with Gasteiger partial charge in [0.25, 0.3) is 0 Å². The van der Waals surface area contributed by atoms with Crippen LogP contribution in [0.15, 0.2) is 60.8 Å². The minimum atomic E-state index is -0.226. The van der Waals surface area contributed by atoms with Crippen molar-refractivity contribution in [2.75, 3.05) is 19.9 Å². The van der Waals surface area contributed by atoms with Crippen molar-refractivity contribution in [2.24, 2.45) is 0 Å². The molecule has 0 aliphatic carbocycles. The summed E-state index contributed by atoms with van der Waals surface area (Å²) in [5.41, 5.74) is 1.66. The summed E-state index contributed by atoms with van der Waals surface area (Å²) in [6.07, 6.45) is 4.90. The third-order valence-electron chi connectivity index (χ3n) is 4.20. The van der Waals surface area contributed by atoms with Crippen molar-refractivity contribution in [1.82, 2.24) is 10.3 Å². The minimum absolute atomic E-state index is 0.221. The molecule has 1 aliphatic heterocycles. The molecule has 1 amide bonds. The number of para-hydroxylation sites is 1. The summed E-state index contributed by atoms with van der Waals surface area (Å²) < 4.78 is 16.3. The first-order valence-electron chi connectivity index (χ1n) is 9.07. The van der Waals surface area contributed by atoms with Crippen LogP contribution in [0.5, 0.6) is 17.2 Å². The largest absolute Gasteiger partial charge is 0.479 e. The van der Waals surface area contributed by atoms with Crippen LogP contribution in [0.3, 0.4) is 0 Å². The van der Waals surface area contributed by atoms with E-state index in [9.17, 15) is 4.79 Å². The highest BCUT2D eigenvalue weighted by Crippen LogP contribution is 2.32. The number of aromatic nitrogens is 1. The van der Waals surface area contributed by atoms with Crippen LogP contribution in [0, 0.1) is 11.8 Å². The van der Waals surface area contributed by atoms with Crippen molar-refractivity contribution < 1.29 is 19.0 Å². The third kappa shape index (κ3) is 4.66. The first-order valence-corrected chi connectivity index (χ1v) is 9.07. The fraction of sp³-hybridized carbons (Fsp3) is 0.130. The van der Waals surface area contributed by atoms with Crippen LogP contribution < -0.4 is 19.5 Å². The lowest BCUT2D eigenvalue weighted by Crippen LogP contribution is -2.21. The van der Waals surface area contributed by atoms with Gasteiger partial charge in [-0.25, -0.2) is 0 Å². The molecule has 0 saturated heterocycles. The number of rotatable bonds is 5. The van der Waals surface area contributed by atoms with Gasteiger partial charge in [-0.15, -0.1) is 0 Å². The quantitative estimate of drug-likeness (QED) is 0.539. The molecule has 6 heteroatoms. The molecule has 1 aliphatic rings. The first kappa shape index (κ1) is 18.4. The monoisotopic (exact) mass is 386 g/mol. The van der Waals surface area contributed by atoms with Crippen molar-refractivity contribution in [1.29, 1.82) is 0 Å². The van der Waals surface area contributed by atoms with E-state index in [1.807, 2.05) is 48.5 Å². The van der Waals surface area contributed by atoms with Gasteiger partial charge >= 0.3 is 0 Å². The number of amides is 1. The van der Waals surface area contributed by atoms with E-state index in [2.05, 4.69) is 22.1 Å². The number of carbonyl (C=O) groups is 1. The molecule has 0 fully saturated rings. The number of nitrogens with one attached hydrogen (secondary N) is 1. The molecule has 0 saturated carbocycles. The maximum Gasteiger partial charge on any atom is 0.244 e. The van der Waals surface area contributed by atoms with Crippen LogP contribution in [0.4, 0.5) is 0 Å². The Hall–Kier alpha value is -3.98. The van der Waals surface area contributed by atoms with Crippen LogP contribution >= 0.6 is 0 Å². The number of nitrogens with zero attached hydrogens (tertiary/aromatic N) is 1. The smallest absolute Gasteiger partial charge is 0.244 e. The summed E-state index contributed by atoms with van der Waals surface area (Å²) in [6, 6.07) is 15.1. The highest BCUT2D eigenvalue weighted by atomic mass is 16.7. The van der Waals surface area contributed by atoms with Gasteiger partial charge in [-0.3, -0.25) is 9.78 Å². The van der Waals surface area contributed by atoms with E-state index in [0.717, 1.165) is 16.5 Å². The Morgan fingerprint density at radius 3 is 3.00 bits per heavy atom. The van der Waals surface area contributed by atoms with E-state index in [4.69, 9.17) is 14.2 Å². The van der Waals surface area contributed by atoms with Crippen molar-refractivity contribution in [3.8, 4) is 29.1 Å². The average Bonchev–Trinajstić information content (AvgIpc) is 3.22. The second kappa shape index (κ2) is 8.81. The zero-order valence-electron chi connectivity index (χ0n) is 15.6. The normalized spacial score (nSPS) is 11.9. The summed E-state index contributed by atoms with van der Waals surface area (Å²) in [7, 11) is 0. The second-order valence-corrected chi connectivity index (χ2v) is 6.14. The number of fused-ring (bicyclic) bond motifs is 2. The highest BCUT2D eigenvalue weighted by molar-refractivity contribution is 5.92. The maximum atomic E-state index is 11.9. The van der Waals surface area contributed by atoms with Crippen molar-refractivity contribution in [3.05, 3.63) is 66.4 Å². The molecule has 29 heavy (non-hydrogen) atoms. The lowest BCUT2D eigenvalue weighted by Gasteiger charge is -2.05. The summed E-state index contributed by atoms with van der Waals surface area (Å²) in [5.74, 6) is 7.61. The van der Waals surface area contributed by atoms with Gasteiger partial charge in [0.05, 0.1) is 6.54 Å². The standard InChI is InChI=1S/C23H18N2O4/c26-22(11-9-17-8-10-19-21(15-17)29-16-28-19)24-12-1-2-14-27-20-7-3-5-18-6-4-13-25-23(18)20/h3-11,13,15H,12,14,16H2,(H,24,26)/b11-9+. The van der Waals surface area contributed by atoms with Crippen LogP contribution in [-0.2, 0) is 4.79 Å². The fourth-order valence-corrected chi connectivity index (χ4v) is 2.80. The highest BCUT2D eigenvalue weighted by Gasteiger charge is 2.12. The third-order valence-corrected chi connectivity index (χ3v) is 4.20. The zero-order valence-corrected chi connectivity index (χ0v) is 15.6. The molecule has 0 spiro atoms. The van der Waals surface area contributed by atoms with Gasteiger partial charge in [-0.05, 0) is 35.9 Å². The number of benzene rings is 2. The first-order chi connectivity index (χ1) is 14.3. The molecule has 144 valence electrons. The van der Waals surface area contributed by atoms with Crippen molar-refractivity contribution in [3.63, 3.8) is 0 Å². The molecule has 0 atom stereocenters. The predicted octanol–water partition coefficient (Wildman–Crippen LogP) is 3.18. The van der Waals surface area contributed by atoms with E-state index in [1.165, 1.54) is 6.08 Å². The number of hydrogen-bond donors (Lipinski definition) is 1. The van der Waals surface area contributed by atoms with Gasteiger partial charge in [0.2, 0.25) is 12.7 Å². The maximum absolute atomic E-state index is 11.9. The van der Waals surface area contributed by atoms with E-state index < -0.39 is 0 Å². The van der Waals surface area contributed by atoms with Gasteiger partial charge in [0.1, 0.15) is 17.9 Å². The second-order valence-electron chi connectivity index (χ2n) is 6.14. The molecule has 1 aromatic heterocycles. The minimum Gasteiger partial charge on any atom is -0.479 e. The van der Waals surface area contributed by atoms with E-state index in [1.54, 1.807) is 12.3 Å². The summed E-state index contributed by atoms with van der Waals surface area (Å²) in [6.45, 7) is 0.683. The molecule has 4 rings (SSSR count). The summed E-state index contributed by atoms with van der Waals surface area (Å²) in [4.78, 5) is 16.2. The van der Waals surface area contributed by atoms with Crippen molar-refractivity contribution in [2.45, 2.75) is 0 Å². The van der Waals surface area contributed by atoms with Gasteiger partial charge in [0, 0.05) is 17.7 Å². The summed E-state index contributed by atoms with van der Waals surface area (Å²) in [5, 5.41) is 3.72. The lowest BCUT2D eigenvalue weighted by molar-refractivity contribution is -0.116. The number of hydrogen-bond acceptors (Lipinski definition) is 5. The SMILES string of the molecule is O=C(/C=C/c1ccc2c(c1)OCO2)NCC#CCOc1cccc2cccnc12. The topological polar surface area (TPSA) is 69.7 Å². The Balaban J connectivity index is 1.23. The molecule has 6 nitrogen and oxygen atoms in total. The predicted molar refractivity (Wildman–Crippen MR) is 110 cm³/mol. The molecule has 2 heterocycles. The molecular formula is C23H18N2O4. The van der Waals surface area contributed by atoms with Gasteiger partial charge in [-0.2, -0.15) is 0 Å². The van der Waals surface area contributed by atoms with Gasteiger partial charge in [-0.1, -0.05) is 36.1 Å². The van der Waals surface area contributed by atoms with E-state index in [-0.39, 0.29) is 25.9 Å². The molecule has 0 bridgehead atoms. The molecule has 0 unspecified atom stereocenters.